The predicted molar refractivity (Wildman–Crippen MR) is 116 cm³/mol. The van der Waals surface area contributed by atoms with Crippen LogP contribution in [0, 0.1) is 5.82 Å². The van der Waals surface area contributed by atoms with E-state index in [1.54, 1.807) is 7.11 Å². The topological polar surface area (TPSA) is 106 Å². The molecule has 0 aliphatic carbocycles. The van der Waals surface area contributed by atoms with Gasteiger partial charge in [-0.3, -0.25) is 9.78 Å². The molecule has 0 fully saturated rings. The summed E-state index contributed by atoms with van der Waals surface area (Å²) in [5.74, 6) is 1.32. The SMILES string of the molecule is COc1cccc2[nH]c(CCCCCc3nc(C(=O)NCc4ncccc4F)co3)nc12. The number of carbonyl (C=O) groups is 1. The number of fused-ring (bicyclic) bond motifs is 1. The largest absolute Gasteiger partial charge is 0.494 e. The second kappa shape index (κ2) is 10.0. The third-order valence-corrected chi connectivity index (χ3v) is 5.08. The lowest BCUT2D eigenvalue weighted by atomic mass is 10.1. The van der Waals surface area contributed by atoms with Crippen LogP contribution < -0.4 is 10.1 Å². The number of ether oxygens (including phenoxy) is 1. The molecular weight excluding hydrogens is 413 g/mol. The molecule has 1 aromatic carbocycles. The molecule has 166 valence electrons. The molecule has 4 aromatic rings. The Balaban J connectivity index is 1.20. The van der Waals surface area contributed by atoms with Crippen molar-refractivity contribution in [2.75, 3.05) is 7.11 Å². The minimum atomic E-state index is -0.463. The zero-order valence-electron chi connectivity index (χ0n) is 17.7. The minimum absolute atomic E-state index is 0.0125. The fraction of sp³-hybridized carbons (Fsp3) is 0.304. The Labute approximate surface area is 184 Å². The molecule has 9 heteroatoms. The lowest BCUT2D eigenvalue weighted by molar-refractivity contribution is 0.0945. The van der Waals surface area contributed by atoms with Crippen molar-refractivity contribution in [3.8, 4) is 5.75 Å². The molecule has 0 saturated carbocycles. The first-order valence-electron chi connectivity index (χ1n) is 10.5. The van der Waals surface area contributed by atoms with Gasteiger partial charge in [0.15, 0.2) is 11.6 Å². The van der Waals surface area contributed by atoms with Gasteiger partial charge in [-0.15, -0.1) is 0 Å². The number of oxazole rings is 1. The van der Waals surface area contributed by atoms with Gasteiger partial charge in [-0.2, -0.15) is 0 Å². The summed E-state index contributed by atoms with van der Waals surface area (Å²) in [6, 6.07) is 8.61. The van der Waals surface area contributed by atoms with E-state index in [-0.39, 0.29) is 17.9 Å². The summed E-state index contributed by atoms with van der Waals surface area (Å²) in [4.78, 5) is 28.3. The molecule has 32 heavy (non-hydrogen) atoms. The number of aromatic nitrogens is 4. The van der Waals surface area contributed by atoms with E-state index in [0.717, 1.165) is 48.3 Å². The zero-order chi connectivity index (χ0) is 22.3. The van der Waals surface area contributed by atoms with E-state index in [9.17, 15) is 9.18 Å². The molecule has 0 radical (unpaired) electrons. The summed E-state index contributed by atoms with van der Waals surface area (Å²) < 4.78 is 24.3. The van der Waals surface area contributed by atoms with Crippen molar-refractivity contribution in [3.05, 3.63) is 71.7 Å². The van der Waals surface area contributed by atoms with E-state index in [0.29, 0.717) is 12.3 Å². The Morgan fingerprint density at radius 3 is 2.88 bits per heavy atom. The van der Waals surface area contributed by atoms with Gasteiger partial charge in [-0.25, -0.2) is 14.4 Å². The quantitative estimate of drug-likeness (QED) is 0.364. The van der Waals surface area contributed by atoms with E-state index in [2.05, 4.69) is 25.3 Å². The van der Waals surface area contributed by atoms with Gasteiger partial charge in [0.2, 0.25) is 0 Å². The van der Waals surface area contributed by atoms with Crippen LogP contribution in [0.5, 0.6) is 5.75 Å². The number of nitrogens with one attached hydrogen (secondary N) is 2. The Hall–Kier alpha value is -3.75. The van der Waals surface area contributed by atoms with Crippen LogP contribution in [0.25, 0.3) is 11.0 Å². The average Bonchev–Trinajstić information content (AvgIpc) is 3.45. The second-order valence-electron chi connectivity index (χ2n) is 7.34. The first-order valence-corrected chi connectivity index (χ1v) is 10.5. The summed E-state index contributed by atoms with van der Waals surface area (Å²) >= 11 is 0. The van der Waals surface area contributed by atoms with Crippen molar-refractivity contribution in [1.82, 2.24) is 25.3 Å². The molecule has 3 heterocycles. The normalized spacial score (nSPS) is 11.1. The lowest BCUT2D eigenvalue weighted by Gasteiger charge is -2.03. The van der Waals surface area contributed by atoms with Crippen LogP contribution in [0.3, 0.4) is 0 Å². The molecule has 8 nitrogen and oxygen atoms in total. The number of aromatic amines is 1. The first-order chi connectivity index (χ1) is 15.6. The van der Waals surface area contributed by atoms with Gasteiger partial charge in [0.1, 0.15) is 29.2 Å². The highest BCUT2D eigenvalue weighted by molar-refractivity contribution is 5.91. The van der Waals surface area contributed by atoms with Gasteiger partial charge in [-0.05, 0) is 37.1 Å². The summed E-state index contributed by atoms with van der Waals surface area (Å²) in [6.45, 7) is -0.0125. The fourth-order valence-corrected chi connectivity index (χ4v) is 3.42. The zero-order valence-corrected chi connectivity index (χ0v) is 17.7. The number of H-pyrrole nitrogens is 1. The number of amides is 1. The third-order valence-electron chi connectivity index (χ3n) is 5.08. The number of carbonyl (C=O) groups excluding carboxylic acids is 1. The van der Waals surface area contributed by atoms with E-state index in [4.69, 9.17) is 9.15 Å². The van der Waals surface area contributed by atoms with Crippen LogP contribution in [-0.2, 0) is 19.4 Å². The summed E-state index contributed by atoms with van der Waals surface area (Å²) in [7, 11) is 1.64. The van der Waals surface area contributed by atoms with Crippen LogP contribution in [0.4, 0.5) is 4.39 Å². The maximum absolute atomic E-state index is 13.6. The monoisotopic (exact) mass is 437 g/mol. The number of pyridine rings is 1. The van der Waals surface area contributed by atoms with E-state index >= 15 is 0 Å². The minimum Gasteiger partial charge on any atom is -0.494 e. The van der Waals surface area contributed by atoms with Crippen molar-refractivity contribution in [2.24, 2.45) is 0 Å². The summed E-state index contributed by atoms with van der Waals surface area (Å²) in [6.07, 6.45) is 7.08. The molecule has 0 aliphatic rings. The van der Waals surface area contributed by atoms with E-state index in [1.165, 1.54) is 24.6 Å². The number of hydrogen-bond acceptors (Lipinski definition) is 6. The number of benzene rings is 1. The molecule has 2 N–H and O–H groups in total. The molecule has 0 atom stereocenters. The van der Waals surface area contributed by atoms with Crippen LogP contribution >= 0.6 is 0 Å². The Morgan fingerprint density at radius 2 is 2.03 bits per heavy atom. The highest BCUT2D eigenvalue weighted by Crippen LogP contribution is 2.23. The molecule has 0 saturated heterocycles. The Morgan fingerprint density at radius 1 is 1.16 bits per heavy atom. The first kappa shape index (κ1) is 21.5. The number of rotatable bonds is 10. The second-order valence-corrected chi connectivity index (χ2v) is 7.34. The molecule has 4 rings (SSSR count). The maximum atomic E-state index is 13.6. The molecule has 0 bridgehead atoms. The highest BCUT2D eigenvalue weighted by Gasteiger charge is 2.13. The maximum Gasteiger partial charge on any atom is 0.273 e. The van der Waals surface area contributed by atoms with Crippen LogP contribution in [0.2, 0.25) is 0 Å². The van der Waals surface area contributed by atoms with E-state index in [1.807, 2.05) is 18.2 Å². The van der Waals surface area contributed by atoms with Gasteiger partial charge in [0, 0.05) is 19.0 Å². The number of nitrogens with zero attached hydrogens (tertiary/aromatic N) is 3. The molecule has 0 aliphatic heterocycles. The molecule has 0 unspecified atom stereocenters. The smallest absolute Gasteiger partial charge is 0.273 e. The van der Waals surface area contributed by atoms with E-state index < -0.39 is 11.7 Å². The van der Waals surface area contributed by atoms with Crippen molar-refractivity contribution < 1.29 is 18.3 Å². The molecule has 3 aromatic heterocycles. The number of aryl methyl sites for hydroxylation is 2. The van der Waals surface area contributed by atoms with Crippen molar-refractivity contribution in [1.29, 1.82) is 0 Å². The van der Waals surface area contributed by atoms with Gasteiger partial charge in [0.05, 0.1) is 24.9 Å². The molecule has 0 spiro atoms. The van der Waals surface area contributed by atoms with Gasteiger partial charge >= 0.3 is 0 Å². The average molecular weight is 437 g/mol. The van der Waals surface area contributed by atoms with Gasteiger partial charge in [0.25, 0.3) is 5.91 Å². The number of methoxy groups -OCH3 is 1. The predicted octanol–water partition coefficient (Wildman–Crippen LogP) is 3.98. The fourth-order valence-electron chi connectivity index (χ4n) is 3.42. The lowest BCUT2D eigenvalue weighted by Crippen LogP contribution is -2.24. The number of unbranched alkanes of at least 4 members (excludes halogenated alkanes) is 2. The molecule has 1 amide bonds. The van der Waals surface area contributed by atoms with Crippen LogP contribution in [0.15, 0.2) is 47.2 Å². The van der Waals surface area contributed by atoms with Crippen LogP contribution in [-0.4, -0.2) is 33.0 Å². The number of halogens is 1. The Kier molecular flexibility index (Phi) is 6.74. The number of para-hydroxylation sites is 1. The van der Waals surface area contributed by atoms with Crippen LogP contribution in [0.1, 0.15) is 47.2 Å². The highest BCUT2D eigenvalue weighted by atomic mass is 19.1. The third kappa shape index (κ3) is 5.11. The van der Waals surface area contributed by atoms with Crippen molar-refractivity contribution in [3.63, 3.8) is 0 Å². The number of imidazole rings is 1. The standard InChI is InChI=1S/C23H24FN5O3/c1-31-19-9-5-8-16-22(19)29-20(27-16)10-3-2-4-11-21-28-18(14-32-21)23(30)26-13-17-15(24)7-6-12-25-17/h5-9,12,14H,2-4,10-11,13H2,1H3,(H,26,30)(H,27,29). The molecular formula is C23H24FN5O3. The van der Waals surface area contributed by atoms with Crippen molar-refractivity contribution >= 4 is 16.9 Å². The summed E-state index contributed by atoms with van der Waals surface area (Å²) in [5, 5.41) is 2.60. The Bertz CT molecular complexity index is 1200. The van der Waals surface area contributed by atoms with Gasteiger partial charge in [-0.1, -0.05) is 12.5 Å². The summed E-state index contributed by atoms with van der Waals surface area (Å²) in [5.41, 5.74) is 2.16. The number of hydrogen-bond donors (Lipinski definition) is 2. The van der Waals surface area contributed by atoms with Crippen molar-refractivity contribution in [2.45, 2.75) is 38.6 Å². The van der Waals surface area contributed by atoms with Gasteiger partial charge < -0.3 is 19.5 Å².